The first-order valence-corrected chi connectivity index (χ1v) is 21.4. The van der Waals surface area contributed by atoms with Gasteiger partial charge in [-0.25, -0.2) is 42.7 Å². The van der Waals surface area contributed by atoms with Gasteiger partial charge in [-0.2, -0.15) is 0 Å². The standard InChI is InChI=1S/C21H39O12.3C7H15O4.3Rf/c1-28-7-16(22)19(25)10-31-13-4-14(32-11-20(26)17(23)8-29-2)6-15(5-13)33-12-21(27)18(24)9-30-3;3*1-10-5-7(9)6-11-4-2-3-8;;;/h13-27H,1-12H2;3*7-9H,1-6H2;;;/q-3;3*-1;;;. The van der Waals surface area contributed by atoms with Gasteiger partial charge < -0.3 is 118 Å². The fourth-order valence-corrected chi connectivity index (χ4v) is 5.02. The van der Waals surface area contributed by atoms with Crippen LogP contribution in [-0.4, -0.2) is 253 Å². The number of aliphatic hydroxyl groups is 12. The molecule has 0 saturated heterocycles. The molecule has 408 valence electrons. The van der Waals surface area contributed by atoms with E-state index in [4.69, 9.17) is 59.1 Å². The SMILES string of the molecule is [CH2-]OCC(O)C(O)COC1CC(OCC(O)C(O)CO[CH2-])CC(OCC(O)C(O)CO[CH2-])C1.[CH2-]OCC(O)COCCCO.[CH2-]OCC(O)COCCCO.[CH2-]OCC(O)COCCCO.[Rf].[Rf].[Rf]. The number of hydrogen-bond acceptors (Lipinski definition) is 24. The fraction of sp³-hybridized carbons (Fsp3) is 0.857. The molecule has 0 aromatic carbocycles. The molecule has 9 atom stereocenters. The summed E-state index contributed by atoms with van der Waals surface area (Å²) in [4.78, 5) is 0. The summed E-state index contributed by atoms with van der Waals surface area (Å²) in [6, 6.07) is 0. The zero-order valence-corrected chi connectivity index (χ0v) is 59.7. The van der Waals surface area contributed by atoms with Gasteiger partial charge in [0.05, 0.1) is 76.3 Å². The number of ether oxygens (including phenoxy) is 12. The molecule has 27 heteroatoms. The zero-order chi connectivity index (χ0) is 50.4. The Morgan fingerprint density at radius 3 is 0.710 bits per heavy atom. The fourth-order valence-electron chi connectivity index (χ4n) is 5.02. The molecule has 1 aliphatic carbocycles. The molecule has 24 nitrogen and oxygen atoms in total. The van der Waals surface area contributed by atoms with Crippen molar-refractivity contribution in [2.24, 2.45) is 0 Å². The van der Waals surface area contributed by atoms with E-state index in [0.29, 0.717) is 58.3 Å². The molecule has 0 aromatic heterocycles. The van der Waals surface area contributed by atoms with Crippen LogP contribution in [0.4, 0.5) is 0 Å². The van der Waals surface area contributed by atoms with Gasteiger partial charge >= 0.3 is 0 Å². The number of aliphatic hydroxyl groups excluding tert-OH is 12. The Hall–Kier alpha value is -3.96. The van der Waals surface area contributed by atoms with Gasteiger partial charge in [0.2, 0.25) is 0 Å². The van der Waals surface area contributed by atoms with Crippen LogP contribution in [0.1, 0.15) is 38.5 Å². The summed E-state index contributed by atoms with van der Waals surface area (Å²) in [6.45, 7) is 2.00. The molecule has 0 heterocycles. The second kappa shape index (κ2) is 55.0. The van der Waals surface area contributed by atoms with Gasteiger partial charge in [-0.05, 0) is 38.5 Å². The van der Waals surface area contributed by atoms with E-state index in [1.807, 2.05) is 0 Å². The molecule has 0 bridgehead atoms. The topological polar surface area (TPSA) is 354 Å². The van der Waals surface area contributed by atoms with Crippen LogP contribution in [0.2, 0.25) is 0 Å². The van der Waals surface area contributed by atoms with Crippen molar-refractivity contribution in [3.63, 3.8) is 0 Å². The summed E-state index contributed by atoms with van der Waals surface area (Å²) in [5.41, 5.74) is 0. The number of hydrogen-bond donors (Lipinski definition) is 12. The predicted octanol–water partition coefficient (Wildman–Crippen LogP) is -3.42. The van der Waals surface area contributed by atoms with Gasteiger partial charge in [-0.15, -0.1) is 0 Å². The van der Waals surface area contributed by atoms with E-state index >= 15 is 0 Å². The third kappa shape index (κ3) is 48.8. The maximum Gasteiger partial charge on any atom is 0.105 e. The first-order valence-electron chi connectivity index (χ1n) is 21.4. The van der Waals surface area contributed by atoms with Crippen molar-refractivity contribution >= 4 is 0 Å². The van der Waals surface area contributed by atoms with E-state index in [-0.39, 0.29) is 99.1 Å². The summed E-state index contributed by atoms with van der Waals surface area (Å²) in [6.07, 6.45) is -7.18. The molecule has 0 aromatic rings. The summed E-state index contributed by atoms with van der Waals surface area (Å²) in [7, 11) is 18.8. The average Bonchev–Trinajstić information content (AvgIpc) is 3.29. The van der Waals surface area contributed by atoms with Gasteiger partial charge in [0, 0.05) is 79.3 Å². The first-order chi connectivity index (χ1) is 31.6. The van der Waals surface area contributed by atoms with Crippen LogP contribution in [0, 0.1) is 42.7 Å². The Kier molecular flexibility index (Phi) is 61.0. The predicted molar refractivity (Wildman–Crippen MR) is 233 cm³/mol. The molecule has 69 heavy (non-hydrogen) atoms. The minimum Gasteiger partial charge on any atom is -0.553 e. The molecule has 0 amide bonds. The maximum absolute atomic E-state index is 9.99. The van der Waals surface area contributed by atoms with Crippen LogP contribution in [0.5, 0.6) is 0 Å². The Labute approximate surface area is 391 Å². The Balaban J connectivity index is -0.000000226. The van der Waals surface area contributed by atoms with Crippen molar-refractivity contribution in [1.82, 2.24) is 0 Å². The maximum atomic E-state index is 9.99. The summed E-state index contributed by atoms with van der Waals surface area (Å²) < 4.78 is 59.1. The van der Waals surface area contributed by atoms with Gasteiger partial charge in [-0.3, -0.25) is 0 Å². The average molecular weight is 1770 g/mol. The van der Waals surface area contributed by atoms with E-state index in [9.17, 15) is 30.6 Å². The number of rotatable bonds is 39. The smallest absolute Gasteiger partial charge is 0.105 e. The van der Waals surface area contributed by atoms with Crippen molar-refractivity contribution in [3.8, 4) is 0 Å². The van der Waals surface area contributed by atoms with Gasteiger partial charge in [0.1, 0.15) is 36.6 Å². The Bertz CT molecular complexity index is 849. The van der Waals surface area contributed by atoms with Crippen LogP contribution >= 0.6 is 0 Å². The summed E-state index contributed by atoms with van der Waals surface area (Å²) in [5, 5.41) is 111. The van der Waals surface area contributed by atoms with E-state index < -0.39 is 73.2 Å². The minimum atomic E-state index is -1.19. The van der Waals surface area contributed by atoms with Crippen LogP contribution in [-0.2, 0) is 56.8 Å². The molecule has 1 saturated carbocycles. The monoisotopic (exact) mass is 1770 g/mol. The molecular formula is C42H84O24Rf3-6. The van der Waals surface area contributed by atoms with Crippen LogP contribution < -0.4 is 0 Å². The molecule has 9 unspecified atom stereocenters. The van der Waals surface area contributed by atoms with Crippen LogP contribution in [0.25, 0.3) is 0 Å². The van der Waals surface area contributed by atoms with E-state index in [1.165, 1.54) is 0 Å². The second-order valence-electron chi connectivity index (χ2n) is 14.6. The molecule has 0 aliphatic heterocycles. The normalized spacial score (nSPS) is 19.3. The van der Waals surface area contributed by atoms with Crippen molar-refractivity contribution in [3.05, 3.63) is 42.7 Å². The summed E-state index contributed by atoms with van der Waals surface area (Å²) >= 11 is 0. The van der Waals surface area contributed by atoms with Gasteiger partial charge in [-0.1, -0.05) is 0 Å². The largest absolute Gasteiger partial charge is 0.553 e. The van der Waals surface area contributed by atoms with Gasteiger partial charge in [0.15, 0.2) is 0 Å². The van der Waals surface area contributed by atoms with E-state index in [0.717, 1.165) is 0 Å². The third-order valence-corrected chi connectivity index (χ3v) is 8.49. The second-order valence-corrected chi connectivity index (χ2v) is 14.6. The Morgan fingerprint density at radius 1 is 0.319 bits per heavy atom. The molecule has 1 aliphatic rings. The van der Waals surface area contributed by atoms with Crippen molar-refractivity contribution in [2.75, 3.05) is 119 Å². The van der Waals surface area contributed by atoms with Crippen LogP contribution in [0.15, 0.2) is 0 Å². The Morgan fingerprint density at radius 2 is 0.522 bits per heavy atom. The van der Waals surface area contributed by atoms with E-state index in [2.05, 4.69) is 71.1 Å². The molecule has 0 spiro atoms. The van der Waals surface area contributed by atoms with Crippen molar-refractivity contribution in [1.29, 1.82) is 0 Å². The molecule has 1 fully saturated rings. The van der Waals surface area contributed by atoms with Crippen LogP contribution in [0.3, 0.4) is 0 Å². The van der Waals surface area contributed by atoms with Crippen molar-refractivity contribution in [2.45, 2.75) is 112 Å². The third-order valence-electron chi connectivity index (χ3n) is 8.49. The first kappa shape index (κ1) is 76.5. The van der Waals surface area contributed by atoms with Crippen molar-refractivity contribution < 1.29 is 118 Å². The quantitative estimate of drug-likeness (QED) is 0.0211. The zero-order valence-electron chi connectivity index (χ0n) is 40.5. The van der Waals surface area contributed by atoms with Gasteiger partial charge in [0.25, 0.3) is 0 Å². The summed E-state index contributed by atoms with van der Waals surface area (Å²) in [5.74, 6) is 0. The molecule has 0 radical (unpaired) electrons. The van der Waals surface area contributed by atoms with E-state index in [1.54, 1.807) is 0 Å². The minimum absolute atomic E-state index is 0. The molecule has 1 rings (SSSR count). The molecular weight excluding hydrogens is 1690 g/mol. The molecule has 12 N–H and O–H groups in total.